The van der Waals surface area contributed by atoms with E-state index in [-0.39, 0.29) is 30.9 Å². The van der Waals surface area contributed by atoms with E-state index in [1.54, 1.807) is 42.7 Å². The van der Waals surface area contributed by atoms with Crippen LogP contribution < -0.4 is 0 Å². The smallest absolute Gasteiger partial charge is 0.340 e. The van der Waals surface area contributed by atoms with Crippen LogP contribution in [-0.4, -0.2) is 34.8 Å². The molecule has 0 radical (unpaired) electrons. The number of phenols is 1. The fourth-order valence-electron chi connectivity index (χ4n) is 3.19. The molecule has 0 saturated carbocycles. The Labute approximate surface area is 167 Å². The Morgan fingerprint density at radius 2 is 1.82 bits per heavy atom. The molecule has 2 aromatic carbocycles. The molecular formula is C21H20ClNO5. The molecule has 3 aromatic rings. The van der Waals surface area contributed by atoms with Gasteiger partial charge in [0.05, 0.1) is 30.7 Å². The summed E-state index contributed by atoms with van der Waals surface area (Å²) in [5, 5.41) is 11.0. The highest BCUT2D eigenvalue weighted by molar-refractivity contribution is 6.30. The Balaban J connectivity index is 2.35. The van der Waals surface area contributed by atoms with E-state index in [0.717, 1.165) is 0 Å². The van der Waals surface area contributed by atoms with Gasteiger partial charge in [-0.15, -0.1) is 0 Å². The maximum Gasteiger partial charge on any atom is 0.340 e. The van der Waals surface area contributed by atoms with Crippen molar-refractivity contribution in [1.82, 2.24) is 4.57 Å². The van der Waals surface area contributed by atoms with E-state index in [9.17, 15) is 14.7 Å². The van der Waals surface area contributed by atoms with Crippen molar-refractivity contribution in [1.29, 1.82) is 0 Å². The summed E-state index contributed by atoms with van der Waals surface area (Å²) in [7, 11) is 0. The molecule has 0 spiro atoms. The maximum atomic E-state index is 12.7. The van der Waals surface area contributed by atoms with E-state index in [0.29, 0.717) is 27.3 Å². The van der Waals surface area contributed by atoms with Crippen LogP contribution in [-0.2, 0) is 20.7 Å². The first-order valence-electron chi connectivity index (χ1n) is 8.91. The molecule has 1 heterocycles. The standard InChI is InChI=1S/C21H20ClNO5/c1-3-27-19(25)12-18-20(21(26)28-4-2)16-11-15(24)8-9-17(16)23(18)14-7-5-6-13(22)10-14/h5-11,24H,3-4,12H2,1-2H3. The van der Waals surface area contributed by atoms with Gasteiger partial charge in [-0.2, -0.15) is 0 Å². The number of benzene rings is 2. The fourth-order valence-corrected chi connectivity index (χ4v) is 3.37. The number of fused-ring (bicyclic) bond motifs is 1. The van der Waals surface area contributed by atoms with Gasteiger partial charge in [0, 0.05) is 21.8 Å². The van der Waals surface area contributed by atoms with Crippen LogP contribution in [0.2, 0.25) is 5.02 Å². The van der Waals surface area contributed by atoms with Gasteiger partial charge < -0.3 is 19.1 Å². The van der Waals surface area contributed by atoms with Gasteiger partial charge in [-0.05, 0) is 50.2 Å². The van der Waals surface area contributed by atoms with Crippen molar-refractivity contribution in [2.75, 3.05) is 13.2 Å². The second kappa shape index (κ2) is 8.35. The first-order chi connectivity index (χ1) is 13.5. The average Bonchev–Trinajstić information content (AvgIpc) is 2.94. The minimum atomic E-state index is -0.571. The number of carbonyl (C=O) groups is 2. The van der Waals surface area contributed by atoms with Crippen molar-refractivity contribution < 1.29 is 24.2 Å². The van der Waals surface area contributed by atoms with E-state index in [1.165, 1.54) is 12.1 Å². The molecule has 28 heavy (non-hydrogen) atoms. The molecule has 0 atom stereocenters. The van der Waals surface area contributed by atoms with Crippen molar-refractivity contribution in [3.8, 4) is 11.4 Å². The highest BCUT2D eigenvalue weighted by atomic mass is 35.5. The third-order valence-electron chi connectivity index (χ3n) is 4.21. The zero-order valence-corrected chi connectivity index (χ0v) is 16.3. The number of nitrogens with zero attached hydrogens (tertiary/aromatic N) is 1. The summed E-state index contributed by atoms with van der Waals surface area (Å²) in [4.78, 5) is 25.0. The molecule has 1 aromatic heterocycles. The lowest BCUT2D eigenvalue weighted by Crippen LogP contribution is -2.15. The number of esters is 2. The molecule has 0 aliphatic heterocycles. The fraction of sp³-hybridized carbons (Fsp3) is 0.238. The second-order valence-corrected chi connectivity index (χ2v) is 6.48. The molecule has 1 N–H and O–H groups in total. The summed E-state index contributed by atoms with van der Waals surface area (Å²) in [6, 6.07) is 11.8. The molecule has 6 nitrogen and oxygen atoms in total. The summed E-state index contributed by atoms with van der Waals surface area (Å²) in [5.41, 5.74) is 1.96. The molecule has 3 rings (SSSR count). The largest absolute Gasteiger partial charge is 0.508 e. The Kier molecular flexibility index (Phi) is 5.90. The van der Waals surface area contributed by atoms with Crippen molar-refractivity contribution in [2.24, 2.45) is 0 Å². The van der Waals surface area contributed by atoms with Crippen LogP contribution in [0.4, 0.5) is 0 Å². The number of aromatic nitrogens is 1. The average molecular weight is 402 g/mol. The zero-order valence-electron chi connectivity index (χ0n) is 15.6. The van der Waals surface area contributed by atoms with Crippen molar-refractivity contribution >= 4 is 34.4 Å². The lowest BCUT2D eigenvalue weighted by Gasteiger charge is -2.12. The number of aromatic hydroxyl groups is 1. The highest BCUT2D eigenvalue weighted by Gasteiger charge is 2.26. The first-order valence-corrected chi connectivity index (χ1v) is 9.29. The topological polar surface area (TPSA) is 77.8 Å². The van der Waals surface area contributed by atoms with Crippen molar-refractivity contribution in [3.63, 3.8) is 0 Å². The van der Waals surface area contributed by atoms with Crippen LogP contribution in [0.15, 0.2) is 42.5 Å². The Bertz CT molecular complexity index is 1040. The van der Waals surface area contributed by atoms with E-state index in [2.05, 4.69) is 0 Å². The SMILES string of the molecule is CCOC(=O)Cc1c(C(=O)OCC)c2cc(O)ccc2n1-c1cccc(Cl)c1. The van der Waals surface area contributed by atoms with Gasteiger partial charge in [-0.25, -0.2) is 4.79 Å². The first kappa shape index (κ1) is 19.8. The van der Waals surface area contributed by atoms with Crippen molar-refractivity contribution in [3.05, 3.63) is 58.7 Å². The van der Waals surface area contributed by atoms with Gasteiger partial charge in [-0.3, -0.25) is 4.79 Å². The molecule has 0 aliphatic rings. The Hall–Kier alpha value is -2.99. The lowest BCUT2D eigenvalue weighted by molar-refractivity contribution is -0.142. The van der Waals surface area contributed by atoms with Gasteiger partial charge in [-0.1, -0.05) is 17.7 Å². The van der Waals surface area contributed by atoms with E-state index < -0.39 is 11.9 Å². The monoisotopic (exact) mass is 401 g/mol. The Morgan fingerprint density at radius 3 is 2.50 bits per heavy atom. The van der Waals surface area contributed by atoms with Crippen LogP contribution in [0.5, 0.6) is 5.75 Å². The van der Waals surface area contributed by atoms with Crippen LogP contribution in [0, 0.1) is 0 Å². The summed E-state index contributed by atoms with van der Waals surface area (Å²) in [6.07, 6.45) is -0.135. The van der Waals surface area contributed by atoms with Crippen LogP contribution in [0.3, 0.4) is 0 Å². The zero-order chi connectivity index (χ0) is 20.3. The van der Waals surface area contributed by atoms with Crippen LogP contribution in [0.1, 0.15) is 29.9 Å². The van der Waals surface area contributed by atoms with E-state index in [1.807, 2.05) is 6.07 Å². The Morgan fingerprint density at radius 1 is 1.07 bits per heavy atom. The number of carbonyl (C=O) groups excluding carboxylic acids is 2. The normalized spacial score (nSPS) is 10.8. The van der Waals surface area contributed by atoms with Crippen LogP contribution >= 0.6 is 11.6 Å². The molecule has 0 fully saturated rings. The molecule has 0 saturated heterocycles. The summed E-state index contributed by atoms with van der Waals surface area (Å²) in [6.45, 7) is 3.83. The predicted molar refractivity (Wildman–Crippen MR) is 106 cm³/mol. The van der Waals surface area contributed by atoms with Gasteiger partial charge in [0.25, 0.3) is 0 Å². The van der Waals surface area contributed by atoms with E-state index in [4.69, 9.17) is 21.1 Å². The number of hydrogen-bond donors (Lipinski definition) is 1. The maximum absolute atomic E-state index is 12.7. The molecule has 0 bridgehead atoms. The summed E-state index contributed by atoms with van der Waals surface area (Å²) >= 11 is 6.16. The van der Waals surface area contributed by atoms with E-state index >= 15 is 0 Å². The van der Waals surface area contributed by atoms with Gasteiger partial charge in [0.15, 0.2) is 0 Å². The summed E-state index contributed by atoms with van der Waals surface area (Å²) in [5.74, 6) is -1.04. The molecule has 0 amide bonds. The molecular weight excluding hydrogens is 382 g/mol. The molecule has 0 aliphatic carbocycles. The number of phenolic OH excluding ortho intramolecular Hbond substituents is 1. The third-order valence-corrected chi connectivity index (χ3v) is 4.45. The summed E-state index contributed by atoms with van der Waals surface area (Å²) < 4.78 is 12.1. The quantitative estimate of drug-likeness (QED) is 0.624. The van der Waals surface area contributed by atoms with Gasteiger partial charge >= 0.3 is 11.9 Å². The van der Waals surface area contributed by atoms with Crippen LogP contribution in [0.25, 0.3) is 16.6 Å². The van der Waals surface area contributed by atoms with Gasteiger partial charge in [0.2, 0.25) is 0 Å². The minimum absolute atomic E-state index is 0.00368. The number of ether oxygens (including phenoxy) is 2. The van der Waals surface area contributed by atoms with Crippen molar-refractivity contribution in [2.45, 2.75) is 20.3 Å². The highest BCUT2D eigenvalue weighted by Crippen LogP contribution is 2.33. The molecule has 146 valence electrons. The molecule has 7 heteroatoms. The van der Waals surface area contributed by atoms with Gasteiger partial charge in [0.1, 0.15) is 5.75 Å². The number of hydrogen-bond acceptors (Lipinski definition) is 5. The number of rotatable bonds is 6. The number of halogens is 1. The lowest BCUT2D eigenvalue weighted by atomic mass is 10.1. The predicted octanol–water partition coefficient (Wildman–Crippen LogP) is 4.27. The second-order valence-electron chi connectivity index (χ2n) is 6.04. The third kappa shape index (κ3) is 3.82. The molecule has 0 unspecified atom stereocenters. The minimum Gasteiger partial charge on any atom is -0.508 e.